The van der Waals surface area contributed by atoms with Crippen LogP contribution in [0, 0.1) is 5.92 Å². The van der Waals surface area contributed by atoms with E-state index in [9.17, 15) is 14.4 Å². The highest BCUT2D eigenvalue weighted by Gasteiger charge is 2.44. The second-order valence-electron chi connectivity index (χ2n) is 9.25. The van der Waals surface area contributed by atoms with Crippen molar-refractivity contribution in [3.05, 3.63) is 59.7 Å². The van der Waals surface area contributed by atoms with Gasteiger partial charge in [-0.05, 0) is 42.0 Å². The number of hydrogen-bond donors (Lipinski definition) is 2. The molecule has 4 rings (SSSR count). The van der Waals surface area contributed by atoms with Crippen molar-refractivity contribution < 1.29 is 24.2 Å². The molecule has 2 unspecified atom stereocenters. The summed E-state index contributed by atoms with van der Waals surface area (Å²) in [5.41, 5.74) is 3.81. The van der Waals surface area contributed by atoms with Crippen LogP contribution in [-0.4, -0.2) is 53.7 Å². The van der Waals surface area contributed by atoms with Crippen LogP contribution in [0.5, 0.6) is 0 Å². The fourth-order valence-corrected chi connectivity index (χ4v) is 5.29. The van der Waals surface area contributed by atoms with Crippen molar-refractivity contribution in [1.82, 2.24) is 10.2 Å². The summed E-state index contributed by atoms with van der Waals surface area (Å²) in [6.07, 6.45) is 2.42. The Kier molecular flexibility index (Phi) is 6.40. The number of nitrogens with zero attached hydrogens (tertiary/aromatic N) is 1. The molecule has 2 N–H and O–H groups in total. The highest BCUT2D eigenvalue weighted by atomic mass is 16.5. The summed E-state index contributed by atoms with van der Waals surface area (Å²) < 4.78 is 5.69. The molecule has 2 aliphatic rings. The fraction of sp³-hybridized carbons (Fsp3) is 0.423. The van der Waals surface area contributed by atoms with Crippen LogP contribution in [0.1, 0.15) is 49.7 Å². The number of carboxylic acid groups (broad SMARTS) is 1. The third-order valence-corrected chi connectivity index (χ3v) is 6.99. The van der Waals surface area contributed by atoms with Crippen molar-refractivity contribution in [2.45, 2.75) is 44.1 Å². The van der Waals surface area contributed by atoms with Gasteiger partial charge in [0, 0.05) is 13.0 Å². The Bertz CT molecular complexity index is 1020. The van der Waals surface area contributed by atoms with Gasteiger partial charge in [0.05, 0.1) is 11.5 Å². The Hall–Kier alpha value is -3.35. The third kappa shape index (κ3) is 4.58. The summed E-state index contributed by atoms with van der Waals surface area (Å²) in [4.78, 5) is 38.1. The fourth-order valence-electron chi connectivity index (χ4n) is 5.29. The van der Waals surface area contributed by atoms with Gasteiger partial charge in [0.15, 0.2) is 0 Å². The molecular formula is C26H30N2O5. The molecule has 0 radical (unpaired) electrons. The maximum Gasteiger partial charge on any atom is 0.407 e. The summed E-state index contributed by atoms with van der Waals surface area (Å²) in [6, 6.07) is 16.3. The Morgan fingerprint density at radius 2 is 1.67 bits per heavy atom. The molecule has 7 nitrogen and oxygen atoms in total. The van der Waals surface area contributed by atoms with Gasteiger partial charge in [-0.2, -0.15) is 0 Å². The van der Waals surface area contributed by atoms with E-state index in [2.05, 4.69) is 29.6 Å². The number of nitrogens with one attached hydrogen (secondary N) is 1. The number of carbonyl (C=O) groups excluding carboxylic acids is 2. The molecule has 2 aliphatic carbocycles. The Morgan fingerprint density at radius 1 is 1.06 bits per heavy atom. The number of hydrogen-bond acceptors (Lipinski definition) is 4. The van der Waals surface area contributed by atoms with Crippen molar-refractivity contribution in [1.29, 1.82) is 0 Å². The minimum Gasteiger partial charge on any atom is -0.480 e. The predicted octanol–water partition coefficient (Wildman–Crippen LogP) is 4.02. The lowest BCUT2D eigenvalue weighted by molar-refractivity contribution is -0.147. The second-order valence-corrected chi connectivity index (χ2v) is 9.25. The molecule has 0 heterocycles. The summed E-state index contributed by atoms with van der Waals surface area (Å²) in [5, 5.41) is 12.0. The lowest BCUT2D eigenvalue weighted by Gasteiger charge is -2.42. The zero-order valence-corrected chi connectivity index (χ0v) is 19.0. The van der Waals surface area contributed by atoms with Gasteiger partial charge in [-0.25, -0.2) is 4.79 Å². The molecule has 2 atom stereocenters. The van der Waals surface area contributed by atoms with E-state index in [4.69, 9.17) is 9.84 Å². The number of carbonyl (C=O) groups is 3. The van der Waals surface area contributed by atoms with Gasteiger partial charge in [0.25, 0.3) is 0 Å². The molecule has 0 saturated heterocycles. The number of fused-ring (bicyclic) bond motifs is 3. The van der Waals surface area contributed by atoms with Crippen LogP contribution >= 0.6 is 0 Å². The van der Waals surface area contributed by atoms with Crippen LogP contribution in [0.15, 0.2) is 48.5 Å². The number of carboxylic acids is 1. The zero-order valence-electron chi connectivity index (χ0n) is 19.0. The van der Waals surface area contributed by atoms with Crippen molar-refractivity contribution in [3.63, 3.8) is 0 Å². The Morgan fingerprint density at radius 3 is 2.27 bits per heavy atom. The molecule has 174 valence electrons. The maximum atomic E-state index is 12.9. The molecule has 0 spiro atoms. The molecule has 1 saturated carbocycles. The average molecular weight is 451 g/mol. The number of aliphatic carboxylic acids is 1. The SMILES string of the molecule is CN(CC(=O)O)C(=O)C1CCCCC1(C)NC(=O)OCC1c2ccccc2-c2ccccc21. The number of alkyl carbamates (subject to hydrolysis) is 1. The van der Waals surface area contributed by atoms with E-state index in [1.54, 1.807) is 0 Å². The van der Waals surface area contributed by atoms with Gasteiger partial charge >= 0.3 is 12.1 Å². The first-order chi connectivity index (χ1) is 15.8. The largest absolute Gasteiger partial charge is 0.480 e. The van der Waals surface area contributed by atoms with Crippen LogP contribution in [0.4, 0.5) is 4.79 Å². The van der Waals surface area contributed by atoms with Crippen LogP contribution in [0.25, 0.3) is 11.1 Å². The summed E-state index contributed by atoms with van der Waals surface area (Å²) in [7, 11) is 1.48. The molecule has 0 aromatic heterocycles. The Labute approximate surface area is 193 Å². The van der Waals surface area contributed by atoms with Gasteiger partial charge in [0.2, 0.25) is 5.91 Å². The second kappa shape index (κ2) is 9.25. The number of benzene rings is 2. The first kappa shape index (κ1) is 22.8. The van der Waals surface area contributed by atoms with Crippen LogP contribution < -0.4 is 5.32 Å². The van der Waals surface area contributed by atoms with Gasteiger partial charge in [0.1, 0.15) is 13.2 Å². The van der Waals surface area contributed by atoms with E-state index in [1.165, 1.54) is 11.9 Å². The smallest absolute Gasteiger partial charge is 0.407 e. The summed E-state index contributed by atoms with van der Waals surface area (Å²) in [5.74, 6) is -1.86. The Balaban J connectivity index is 1.45. The first-order valence-corrected chi connectivity index (χ1v) is 11.4. The van der Waals surface area contributed by atoms with E-state index in [0.29, 0.717) is 12.8 Å². The van der Waals surface area contributed by atoms with Crippen LogP contribution in [0.2, 0.25) is 0 Å². The quantitative estimate of drug-likeness (QED) is 0.693. The van der Waals surface area contributed by atoms with Crippen molar-refractivity contribution in [3.8, 4) is 11.1 Å². The average Bonchev–Trinajstić information content (AvgIpc) is 3.10. The van der Waals surface area contributed by atoms with Gasteiger partial charge in [-0.15, -0.1) is 0 Å². The molecular weight excluding hydrogens is 420 g/mol. The lowest BCUT2D eigenvalue weighted by atomic mass is 9.73. The third-order valence-electron chi connectivity index (χ3n) is 6.99. The molecule has 2 amide bonds. The number of likely N-dealkylation sites (N-methyl/N-ethyl adjacent to an activating group) is 1. The minimum absolute atomic E-state index is 0.0403. The molecule has 0 aliphatic heterocycles. The van der Waals surface area contributed by atoms with Crippen molar-refractivity contribution in [2.75, 3.05) is 20.2 Å². The van der Waals surface area contributed by atoms with Crippen LogP contribution in [0.3, 0.4) is 0 Å². The van der Waals surface area contributed by atoms with Crippen molar-refractivity contribution in [2.24, 2.45) is 5.92 Å². The normalized spacial score (nSPS) is 21.6. The highest BCUT2D eigenvalue weighted by Crippen LogP contribution is 2.44. The van der Waals surface area contributed by atoms with E-state index in [0.717, 1.165) is 35.1 Å². The van der Waals surface area contributed by atoms with Crippen molar-refractivity contribution >= 4 is 18.0 Å². The first-order valence-electron chi connectivity index (χ1n) is 11.4. The number of rotatable bonds is 6. The minimum atomic E-state index is -1.06. The van der Waals surface area contributed by atoms with E-state index in [-0.39, 0.29) is 25.0 Å². The molecule has 7 heteroatoms. The van der Waals surface area contributed by atoms with Gasteiger partial charge < -0.3 is 20.1 Å². The van der Waals surface area contributed by atoms with Gasteiger partial charge in [-0.3, -0.25) is 9.59 Å². The predicted molar refractivity (Wildman–Crippen MR) is 124 cm³/mol. The highest BCUT2D eigenvalue weighted by molar-refractivity contribution is 5.85. The molecule has 2 aromatic carbocycles. The zero-order chi connectivity index (χ0) is 23.6. The number of amides is 2. The maximum absolute atomic E-state index is 12.9. The lowest BCUT2D eigenvalue weighted by Crippen LogP contribution is -2.58. The van der Waals surface area contributed by atoms with E-state index >= 15 is 0 Å². The summed E-state index contributed by atoms with van der Waals surface area (Å²) >= 11 is 0. The van der Waals surface area contributed by atoms with Gasteiger partial charge in [-0.1, -0.05) is 61.4 Å². The standard InChI is InChI=1S/C26H30N2O5/c1-26(14-8-7-13-22(26)24(31)28(2)15-23(29)30)27-25(32)33-16-21-19-11-5-3-9-17(19)18-10-4-6-12-20(18)21/h3-6,9-12,21-22H,7-8,13-16H2,1-2H3,(H,27,32)(H,29,30). The topological polar surface area (TPSA) is 95.9 Å². The summed E-state index contributed by atoms with van der Waals surface area (Å²) in [6.45, 7) is 1.69. The number of ether oxygens (including phenoxy) is 1. The molecule has 2 aromatic rings. The molecule has 0 bridgehead atoms. The van der Waals surface area contributed by atoms with E-state index in [1.807, 2.05) is 31.2 Å². The monoisotopic (exact) mass is 450 g/mol. The molecule has 33 heavy (non-hydrogen) atoms. The van der Waals surface area contributed by atoms with Crippen LogP contribution in [-0.2, 0) is 14.3 Å². The van der Waals surface area contributed by atoms with E-state index < -0.39 is 23.5 Å². The molecule has 1 fully saturated rings.